The van der Waals surface area contributed by atoms with E-state index in [1.165, 1.54) is 12.8 Å². The number of nitrogens with zero attached hydrogens (tertiary/aromatic N) is 3. The molecule has 5 heteroatoms. The van der Waals surface area contributed by atoms with Crippen molar-refractivity contribution in [1.82, 2.24) is 20.3 Å². The summed E-state index contributed by atoms with van der Waals surface area (Å²) in [6, 6.07) is 4.57. The first kappa shape index (κ1) is 11.3. The highest BCUT2D eigenvalue weighted by Crippen LogP contribution is 2.12. The molecule has 1 fully saturated rings. The van der Waals surface area contributed by atoms with Crippen LogP contribution in [0.25, 0.3) is 11.2 Å². The molecule has 0 saturated carbocycles. The molecule has 0 aromatic carbocycles. The molecular weight excluding hydrogens is 226 g/mol. The molecule has 94 valence electrons. The third-order valence-electron chi connectivity index (χ3n) is 3.29. The molecule has 0 bridgehead atoms. The molecule has 18 heavy (non-hydrogen) atoms. The number of fused-ring (bicyclic) bond motifs is 1. The van der Waals surface area contributed by atoms with Gasteiger partial charge in [-0.05, 0) is 37.9 Å². The SMILES string of the molecule is c1cnc2nc(NCC[C@H]3CCCN3)ccc2n1. The first-order valence-electron chi connectivity index (χ1n) is 6.47. The van der Waals surface area contributed by atoms with Crippen LogP contribution >= 0.6 is 0 Å². The summed E-state index contributed by atoms with van der Waals surface area (Å²) in [4.78, 5) is 12.8. The standard InChI is InChI=1S/C13H17N5/c1-2-10(14-6-1)5-7-16-12-4-3-11-13(18-12)17-9-8-15-11/h3-4,8-10,14H,1-2,5-7H2,(H,16,17,18)/t10-/m1/s1. The van der Waals surface area contributed by atoms with E-state index in [1.54, 1.807) is 12.4 Å². The molecule has 3 rings (SSSR count). The fourth-order valence-electron chi connectivity index (χ4n) is 2.33. The molecule has 5 nitrogen and oxygen atoms in total. The maximum atomic E-state index is 4.43. The van der Waals surface area contributed by atoms with Gasteiger partial charge in [-0.1, -0.05) is 0 Å². The van der Waals surface area contributed by atoms with Crippen LogP contribution in [-0.4, -0.2) is 34.1 Å². The molecule has 0 unspecified atom stereocenters. The lowest BCUT2D eigenvalue weighted by atomic mass is 10.1. The summed E-state index contributed by atoms with van der Waals surface area (Å²) < 4.78 is 0. The molecule has 1 aliphatic rings. The lowest BCUT2D eigenvalue weighted by molar-refractivity contribution is 0.574. The summed E-state index contributed by atoms with van der Waals surface area (Å²) in [6.45, 7) is 2.10. The third kappa shape index (κ3) is 2.56. The molecule has 2 aromatic rings. The summed E-state index contributed by atoms with van der Waals surface area (Å²) in [6.07, 6.45) is 7.08. The zero-order valence-electron chi connectivity index (χ0n) is 10.3. The number of pyridine rings is 1. The smallest absolute Gasteiger partial charge is 0.180 e. The number of rotatable bonds is 4. The molecule has 1 saturated heterocycles. The Labute approximate surface area is 106 Å². The molecule has 0 spiro atoms. The molecule has 1 atom stereocenters. The molecule has 1 aliphatic heterocycles. The Balaban J connectivity index is 1.60. The van der Waals surface area contributed by atoms with E-state index < -0.39 is 0 Å². The lowest BCUT2D eigenvalue weighted by Crippen LogP contribution is -2.24. The van der Waals surface area contributed by atoms with Crippen LogP contribution in [0.3, 0.4) is 0 Å². The van der Waals surface area contributed by atoms with Crippen molar-refractivity contribution in [2.75, 3.05) is 18.4 Å². The van der Waals surface area contributed by atoms with Crippen LogP contribution in [0.15, 0.2) is 24.5 Å². The van der Waals surface area contributed by atoms with E-state index >= 15 is 0 Å². The minimum Gasteiger partial charge on any atom is -0.370 e. The van der Waals surface area contributed by atoms with E-state index in [4.69, 9.17) is 0 Å². The first-order chi connectivity index (χ1) is 8.92. The van der Waals surface area contributed by atoms with Gasteiger partial charge in [0, 0.05) is 25.0 Å². The van der Waals surface area contributed by atoms with Crippen LogP contribution in [0.2, 0.25) is 0 Å². The van der Waals surface area contributed by atoms with Crippen molar-refractivity contribution in [2.24, 2.45) is 0 Å². The number of hydrogen-bond acceptors (Lipinski definition) is 5. The normalized spacial score (nSPS) is 19.2. The maximum absolute atomic E-state index is 4.43. The topological polar surface area (TPSA) is 62.7 Å². The number of nitrogens with one attached hydrogen (secondary N) is 2. The van der Waals surface area contributed by atoms with Crippen LogP contribution in [0.4, 0.5) is 5.82 Å². The van der Waals surface area contributed by atoms with Gasteiger partial charge in [0.1, 0.15) is 11.3 Å². The number of hydrogen-bond donors (Lipinski definition) is 2. The Morgan fingerprint density at radius 2 is 2.22 bits per heavy atom. The summed E-state index contributed by atoms with van der Waals surface area (Å²) >= 11 is 0. The Morgan fingerprint density at radius 3 is 3.11 bits per heavy atom. The highest BCUT2D eigenvalue weighted by Gasteiger charge is 2.12. The molecule has 2 N–H and O–H groups in total. The van der Waals surface area contributed by atoms with Gasteiger partial charge in [0.2, 0.25) is 0 Å². The average Bonchev–Trinajstić information content (AvgIpc) is 2.92. The van der Waals surface area contributed by atoms with Gasteiger partial charge in [-0.15, -0.1) is 0 Å². The van der Waals surface area contributed by atoms with Gasteiger partial charge in [0.05, 0.1) is 0 Å². The third-order valence-corrected chi connectivity index (χ3v) is 3.29. The summed E-state index contributed by atoms with van der Waals surface area (Å²) in [7, 11) is 0. The first-order valence-corrected chi connectivity index (χ1v) is 6.47. The fourth-order valence-corrected chi connectivity index (χ4v) is 2.33. The summed E-state index contributed by atoms with van der Waals surface area (Å²) in [5.74, 6) is 0.876. The number of aromatic nitrogens is 3. The minimum atomic E-state index is 0.665. The van der Waals surface area contributed by atoms with E-state index in [-0.39, 0.29) is 0 Å². The Kier molecular flexibility index (Phi) is 3.32. The molecular formula is C13H17N5. The number of anilines is 1. The second-order valence-corrected chi connectivity index (χ2v) is 4.60. The van der Waals surface area contributed by atoms with Gasteiger partial charge in [-0.25, -0.2) is 9.97 Å². The van der Waals surface area contributed by atoms with Crippen LogP contribution in [0.5, 0.6) is 0 Å². The van der Waals surface area contributed by atoms with Crippen LogP contribution in [0.1, 0.15) is 19.3 Å². The van der Waals surface area contributed by atoms with Crippen molar-refractivity contribution in [2.45, 2.75) is 25.3 Å². The van der Waals surface area contributed by atoms with Crippen molar-refractivity contribution in [3.8, 4) is 0 Å². The van der Waals surface area contributed by atoms with E-state index in [0.717, 1.165) is 30.8 Å². The van der Waals surface area contributed by atoms with Gasteiger partial charge in [0.15, 0.2) is 5.65 Å². The molecule has 0 aliphatic carbocycles. The second kappa shape index (κ2) is 5.27. The van der Waals surface area contributed by atoms with E-state index in [9.17, 15) is 0 Å². The zero-order valence-corrected chi connectivity index (χ0v) is 10.3. The maximum Gasteiger partial charge on any atom is 0.180 e. The Hall–Kier alpha value is -1.75. The average molecular weight is 243 g/mol. The van der Waals surface area contributed by atoms with E-state index in [1.807, 2.05) is 12.1 Å². The zero-order chi connectivity index (χ0) is 12.2. The molecule has 2 aromatic heterocycles. The Bertz CT molecular complexity index is 522. The molecule has 0 amide bonds. The van der Waals surface area contributed by atoms with Crippen molar-refractivity contribution in [1.29, 1.82) is 0 Å². The second-order valence-electron chi connectivity index (χ2n) is 4.60. The van der Waals surface area contributed by atoms with Crippen LogP contribution in [-0.2, 0) is 0 Å². The van der Waals surface area contributed by atoms with Gasteiger partial charge < -0.3 is 10.6 Å². The largest absolute Gasteiger partial charge is 0.370 e. The molecule has 0 radical (unpaired) electrons. The highest BCUT2D eigenvalue weighted by atomic mass is 15.0. The van der Waals surface area contributed by atoms with Gasteiger partial charge >= 0.3 is 0 Å². The fraction of sp³-hybridized carbons (Fsp3) is 0.462. The van der Waals surface area contributed by atoms with Gasteiger partial charge in [0.25, 0.3) is 0 Å². The predicted octanol–water partition coefficient (Wildman–Crippen LogP) is 1.58. The van der Waals surface area contributed by atoms with Crippen molar-refractivity contribution in [3.05, 3.63) is 24.5 Å². The van der Waals surface area contributed by atoms with Crippen molar-refractivity contribution < 1.29 is 0 Å². The van der Waals surface area contributed by atoms with Crippen LogP contribution in [0, 0.1) is 0 Å². The lowest BCUT2D eigenvalue weighted by Gasteiger charge is -2.11. The van der Waals surface area contributed by atoms with Gasteiger partial charge in [-0.3, -0.25) is 4.98 Å². The Morgan fingerprint density at radius 1 is 1.28 bits per heavy atom. The van der Waals surface area contributed by atoms with E-state index in [0.29, 0.717) is 11.7 Å². The quantitative estimate of drug-likeness (QED) is 0.853. The van der Waals surface area contributed by atoms with Crippen LogP contribution < -0.4 is 10.6 Å². The molecule has 3 heterocycles. The van der Waals surface area contributed by atoms with Crippen molar-refractivity contribution in [3.63, 3.8) is 0 Å². The summed E-state index contributed by atoms with van der Waals surface area (Å²) in [5.41, 5.74) is 1.53. The minimum absolute atomic E-state index is 0.665. The summed E-state index contributed by atoms with van der Waals surface area (Å²) in [5, 5.41) is 6.83. The highest BCUT2D eigenvalue weighted by molar-refractivity contribution is 5.71. The van der Waals surface area contributed by atoms with E-state index in [2.05, 4.69) is 25.6 Å². The monoisotopic (exact) mass is 243 g/mol. The van der Waals surface area contributed by atoms with Crippen molar-refractivity contribution >= 4 is 17.0 Å². The van der Waals surface area contributed by atoms with Gasteiger partial charge in [-0.2, -0.15) is 0 Å². The predicted molar refractivity (Wildman–Crippen MR) is 71.5 cm³/mol.